The number of rotatable bonds is 5. The van der Waals surface area contributed by atoms with E-state index in [0.717, 1.165) is 51.3 Å². The molecule has 1 aromatic rings. The minimum absolute atomic E-state index is 0. The largest absolute Gasteiger partial charge is 0.491 e. The summed E-state index contributed by atoms with van der Waals surface area (Å²) in [5, 5.41) is 0.635. The fourth-order valence-electron chi connectivity index (χ4n) is 2.68. The Bertz CT molecular complexity index is 547. The van der Waals surface area contributed by atoms with Crippen LogP contribution in [0.2, 0.25) is 5.02 Å². The Morgan fingerprint density at radius 3 is 2.38 bits per heavy atom. The summed E-state index contributed by atoms with van der Waals surface area (Å²) in [7, 11) is 0. The number of benzene rings is 1. The number of hydrogen-bond donors (Lipinski definition) is 1. The van der Waals surface area contributed by atoms with Gasteiger partial charge in [0.05, 0.1) is 10.6 Å². The molecular formula is C16H24Cl3N3O2. The van der Waals surface area contributed by atoms with Gasteiger partial charge in [0, 0.05) is 32.7 Å². The molecule has 136 valence electrons. The van der Waals surface area contributed by atoms with E-state index < -0.39 is 5.54 Å². The number of halogens is 3. The van der Waals surface area contributed by atoms with E-state index in [1.165, 1.54) is 0 Å². The lowest BCUT2D eigenvalue weighted by Gasteiger charge is -2.35. The van der Waals surface area contributed by atoms with Gasteiger partial charge in [0.15, 0.2) is 0 Å². The van der Waals surface area contributed by atoms with Crippen LogP contribution in [0.3, 0.4) is 0 Å². The maximum atomic E-state index is 12.2. The molecule has 1 heterocycles. The number of piperazine rings is 1. The van der Waals surface area contributed by atoms with E-state index in [1.54, 1.807) is 0 Å². The van der Waals surface area contributed by atoms with Gasteiger partial charge in [0.25, 0.3) is 0 Å². The molecule has 0 bridgehead atoms. The molecule has 0 spiro atoms. The van der Waals surface area contributed by atoms with Crippen LogP contribution in [0.4, 0.5) is 0 Å². The lowest BCUT2D eigenvalue weighted by molar-refractivity contribution is -0.135. The minimum Gasteiger partial charge on any atom is -0.491 e. The fourth-order valence-corrected chi connectivity index (χ4v) is 2.87. The van der Waals surface area contributed by atoms with Crippen LogP contribution in [0.25, 0.3) is 0 Å². The normalized spacial score (nSPS) is 19.0. The van der Waals surface area contributed by atoms with Gasteiger partial charge < -0.3 is 15.4 Å². The highest BCUT2D eigenvalue weighted by molar-refractivity contribution is 6.32. The van der Waals surface area contributed by atoms with Crippen molar-refractivity contribution < 1.29 is 9.53 Å². The molecule has 1 aliphatic heterocycles. The number of carbonyl (C=O) groups is 1. The van der Waals surface area contributed by atoms with Gasteiger partial charge >= 0.3 is 0 Å². The third kappa shape index (κ3) is 5.14. The highest BCUT2D eigenvalue weighted by Crippen LogP contribution is 2.34. The average Bonchev–Trinajstić information content (AvgIpc) is 3.28. The summed E-state index contributed by atoms with van der Waals surface area (Å²) >= 11 is 6.05. The molecule has 0 unspecified atom stereocenters. The van der Waals surface area contributed by atoms with Crippen LogP contribution >= 0.6 is 36.4 Å². The van der Waals surface area contributed by atoms with Crippen LogP contribution < -0.4 is 10.5 Å². The number of hydrogen-bond acceptors (Lipinski definition) is 4. The third-order valence-electron chi connectivity index (χ3n) is 4.38. The quantitative estimate of drug-likeness (QED) is 0.829. The number of ether oxygens (including phenoxy) is 1. The van der Waals surface area contributed by atoms with Crippen LogP contribution in [-0.4, -0.2) is 60.6 Å². The summed E-state index contributed by atoms with van der Waals surface area (Å²) in [5.74, 6) is 0.844. The standard InChI is InChI=1S/C16H22ClN3O2.2ClH/c17-13-3-1-2-4-14(13)22-12-11-19-7-9-20(10-8-19)15(21)16(18)5-6-16;;/h1-4H,5-12,18H2;2*1H. The second-order valence-electron chi connectivity index (χ2n) is 6.07. The zero-order valence-corrected chi connectivity index (χ0v) is 15.8. The molecular weight excluding hydrogens is 373 g/mol. The van der Waals surface area contributed by atoms with Crippen molar-refractivity contribution in [2.45, 2.75) is 18.4 Å². The Kier molecular flexibility index (Phi) is 8.09. The molecule has 0 aromatic heterocycles. The van der Waals surface area contributed by atoms with Crippen LogP contribution in [-0.2, 0) is 4.79 Å². The molecule has 8 heteroatoms. The van der Waals surface area contributed by atoms with Crippen molar-refractivity contribution in [3.8, 4) is 5.75 Å². The topological polar surface area (TPSA) is 58.8 Å². The predicted molar refractivity (Wildman–Crippen MR) is 101 cm³/mol. The van der Waals surface area contributed by atoms with E-state index >= 15 is 0 Å². The van der Waals surface area contributed by atoms with Gasteiger partial charge in [-0.1, -0.05) is 23.7 Å². The molecule has 2 N–H and O–H groups in total. The average molecular weight is 397 g/mol. The van der Waals surface area contributed by atoms with Crippen molar-refractivity contribution in [1.82, 2.24) is 9.80 Å². The van der Waals surface area contributed by atoms with Crippen LogP contribution in [0, 0.1) is 0 Å². The number of para-hydroxylation sites is 1. The SMILES string of the molecule is Cl.Cl.NC1(C(=O)N2CCN(CCOc3ccccc3Cl)CC2)CC1. The molecule has 24 heavy (non-hydrogen) atoms. The predicted octanol–water partition coefficient (Wildman–Crippen LogP) is 2.20. The zero-order valence-electron chi connectivity index (χ0n) is 13.4. The van der Waals surface area contributed by atoms with Crippen molar-refractivity contribution in [2.75, 3.05) is 39.3 Å². The van der Waals surface area contributed by atoms with E-state index in [9.17, 15) is 4.79 Å². The Morgan fingerprint density at radius 1 is 1.17 bits per heavy atom. The molecule has 5 nitrogen and oxygen atoms in total. The van der Waals surface area contributed by atoms with Crippen molar-refractivity contribution >= 4 is 42.3 Å². The summed E-state index contributed by atoms with van der Waals surface area (Å²) in [6.07, 6.45) is 1.66. The molecule has 0 radical (unpaired) electrons. The summed E-state index contributed by atoms with van der Waals surface area (Å²) in [6.45, 7) is 4.68. The molecule has 1 amide bonds. The van der Waals surface area contributed by atoms with Crippen LogP contribution in [0.5, 0.6) is 5.75 Å². The van der Waals surface area contributed by atoms with Crippen LogP contribution in [0.1, 0.15) is 12.8 Å². The number of nitrogens with two attached hydrogens (primary N) is 1. The Morgan fingerprint density at radius 2 is 1.79 bits per heavy atom. The Balaban J connectivity index is 0.00000144. The van der Waals surface area contributed by atoms with Crippen LogP contribution in [0.15, 0.2) is 24.3 Å². The Hall–Kier alpha value is -0.720. The second-order valence-corrected chi connectivity index (χ2v) is 6.48. The summed E-state index contributed by atoms with van der Waals surface area (Å²) in [6, 6.07) is 7.48. The van der Waals surface area contributed by atoms with Gasteiger partial charge in [-0.2, -0.15) is 0 Å². The summed E-state index contributed by atoms with van der Waals surface area (Å²) in [4.78, 5) is 16.4. The molecule has 1 saturated heterocycles. The van der Waals surface area contributed by atoms with Gasteiger partial charge in [0.1, 0.15) is 12.4 Å². The van der Waals surface area contributed by atoms with Crippen molar-refractivity contribution in [1.29, 1.82) is 0 Å². The first-order chi connectivity index (χ1) is 10.6. The molecule has 1 aliphatic carbocycles. The van der Waals surface area contributed by atoms with Gasteiger partial charge in [-0.25, -0.2) is 0 Å². The number of carbonyl (C=O) groups excluding carboxylic acids is 1. The summed E-state index contributed by atoms with van der Waals surface area (Å²) in [5.41, 5.74) is 5.43. The number of amides is 1. The lowest BCUT2D eigenvalue weighted by atomic mass is 10.2. The maximum Gasteiger partial charge on any atom is 0.242 e. The third-order valence-corrected chi connectivity index (χ3v) is 4.69. The highest BCUT2D eigenvalue weighted by atomic mass is 35.5. The van der Waals surface area contributed by atoms with Crippen molar-refractivity contribution in [2.24, 2.45) is 5.73 Å². The number of nitrogens with zero attached hydrogens (tertiary/aromatic N) is 2. The molecule has 1 saturated carbocycles. The zero-order chi connectivity index (χ0) is 15.6. The first-order valence-corrected chi connectivity index (χ1v) is 8.14. The van der Waals surface area contributed by atoms with Gasteiger partial charge in [-0.15, -0.1) is 24.8 Å². The second kappa shape index (κ2) is 9.11. The maximum absolute atomic E-state index is 12.2. The van der Waals surface area contributed by atoms with Crippen molar-refractivity contribution in [3.05, 3.63) is 29.3 Å². The molecule has 2 aliphatic rings. The molecule has 2 fully saturated rings. The summed E-state index contributed by atoms with van der Waals surface area (Å²) < 4.78 is 5.70. The molecule has 1 aromatic carbocycles. The van der Waals surface area contributed by atoms with E-state index in [0.29, 0.717) is 11.6 Å². The van der Waals surface area contributed by atoms with E-state index in [-0.39, 0.29) is 30.7 Å². The highest BCUT2D eigenvalue weighted by Gasteiger charge is 2.48. The van der Waals surface area contributed by atoms with Crippen molar-refractivity contribution in [3.63, 3.8) is 0 Å². The van der Waals surface area contributed by atoms with Gasteiger partial charge in [-0.3, -0.25) is 9.69 Å². The van der Waals surface area contributed by atoms with Gasteiger partial charge in [-0.05, 0) is 25.0 Å². The Labute approximate surface area is 160 Å². The monoisotopic (exact) mass is 395 g/mol. The fraction of sp³-hybridized carbons (Fsp3) is 0.562. The van der Waals surface area contributed by atoms with E-state index in [2.05, 4.69) is 4.90 Å². The first kappa shape index (κ1) is 21.3. The van der Waals surface area contributed by atoms with E-state index in [4.69, 9.17) is 22.1 Å². The van der Waals surface area contributed by atoms with Gasteiger partial charge in [0.2, 0.25) is 5.91 Å². The lowest BCUT2D eigenvalue weighted by Crippen LogP contribution is -2.54. The minimum atomic E-state index is -0.546. The molecule has 3 rings (SSSR count). The molecule has 0 atom stereocenters. The smallest absolute Gasteiger partial charge is 0.242 e. The van der Waals surface area contributed by atoms with E-state index in [1.807, 2.05) is 29.2 Å². The first-order valence-electron chi connectivity index (χ1n) is 7.76.